The van der Waals surface area contributed by atoms with Crippen LogP contribution in [0.5, 0.6) is 0 Å². The molecule has 2 rings (SSSR count). The fraction of sp³-hybridized carbons (Fsp3) is 0.929. The van der Waals surface area contributed by atoms with E-state index in [0.29, 0.717) is 5.92 Å². The van der Waals surface area contributed by atoms with Gasteiger partial charge in [0.05, 0.1) is 0 Å². The van der Waals surface area contributed by atoms with E-state index in [4.69, 9.17) is 0 Å². The van der Waals surface area contributed by atoms with Gasteiger partial charge in [0, 0.05) is 26.2 Å². The number of hydrogen-bond donors (Lipinski definition) is 1. The first-order chi connectivity index (χ1) is 8.70. The molecular formula is C14H27N3O. The smallest absolute Gasteiger partial charge is 0.320 e. The summed E-state index contributed by atoms with van der Waals surface area (Å²) in [6.45, 7) is 7.13. The molecule has 104 valence electrons. The molecule has 0 aromatic rings. The molecule has 1 unspecified atom stereocenters. The van der Waals surface area contributed by atoms with E-state index in [1.807, 2.05) is 7.05 Å². The molecule has 2 amide bonds. The predicted octanol–water partition coefficient (Wildman–Crippen LogP) is 1.77. The molecule has 0 aliphatic carbocycles. The second kappa shape index (κ2) is 6.41. The Hall–Kier alpha value is -0.770. The molecule has 0 aromatic heterocycles. The lowest BCUT2D eigenvalue weighted by Crippen LogP contribution is -2.50. The van der Waals surface area contributed by atoms with Crippen molar-refractivity contribution < 1.29 is 4.79 Å². The number of nitrogens with one attached hydrogen (secondary N) is 1. The van der Waals surface area contributed by atoms with Crippen molar-refractivity contribution in [2.24, 2.45) is 11.8 Å². The summed E-state index contributed by atoms with van der Waals surface area (Å²) < 4.78 is 0. The average Bonchev–Trinajstić information content (AvgIpc) is 2.39. The van der Waals surface area contributed by atoms with E-state index < -0.39 is 0 Å². The average molecular weight is 253 g/mol. The molecule has 0 saturated carbocycles. The molecule has 1 atom stereocenters. The van der Waals surface area contributed by atoms with E-state index in [1.54, 1.807) is 0 Å². The van der Waals surface area contributed by atoms with Gasteiger partial charge in [0.15, 0.2) is 0 Å². The summed E-state index contributed by atoms with van der Waals surface area (Å²) in [7, 11) is 2.01. The summed E-state index contributed by atoms with van der Waals surface area (Å²) in [6, 6.07) is 0.282. The van der Waals surface area contributed by atoms with Crippen molar-refractivity contribution in [2.45, 2.75) is 32.6 Å². The normalized spacial score (nSPS) is 26.4. The molecular weight excluding hydrogens is 226 g/mol. The van der Waals surface area contributed by atoms with Gasteiger partial charge in [-0.2, -0.15) is 0 Å². The molecule has 2 saturated heterocycles. The van der Waals surface area contributed by atoms with Gasteiger partial charge < -0.3 is 15.1 Å². The van der Waals surface area contributed by atoms with Crippen molar-refractivity contribution in [1.82, 2.24) is 15.1 Å². The van der Waals surface area contributed by atoms with E-state index in [1.165, 1.54) is 12.8 Å². The molecule has 18 heavy (non-hydrogen) atoms. The minimum absolute atomic E-state index is 0.282. The number of likely N-dealkylation sites (tertiary alicyclic amines) is 2. The number of rotatable bonds is 2. The summed E-state index contributed by atoms with van der Waals surface area (Å²) in [6.07, 6.45) is 4.74. The van der Waals surface area contributed by atoms with Crippen LogP contribution in [0, 0.1) is 11.8 Å². The number of hydrogen-bond acceptors (Lipinski definition) is 2. The third-order valence-corrected chi connectivity index (χ3v) is 4.31. The van der Waals surface area contributed by atoms with Gasteiger partial charge in [0.25, 0.3) is 0 Å². The molecule has 0 aromatic carbocycles. The summed E-state index contributed by atoms with van der Waals surface area (Å²) >= 11 is 0. The van der Waals surface area contributed by atoms with E-state index in [0.717, 1.165) is 51.5 Å². The van der Waals surface area contributed by atoms with Crippen LogP contribution in [0.2, 0.25) is 0 Å². The number of amides is 2. The number of urea groups is 1. The summed E-state index contributed by atoms with van der Waals surface area (Å²) in [5.41, 5.74) is 0. The highest BCUT2D eigenvalue weighted by Crippen LogP contribution is 2.21. The summed E-state index contributed by atoms with van der Waals surface area (Å²) in [5, 5.41) is 3.24. The number of nitrogens with zero attached hydrogens (tertiary/aromatic N) is 2. The van der Waals surface area contributed by atoms with Gasteiger partial charge in [-0.25, -0.2) is 4.79 Å². The lowest BCUT2D eigenvalue weighted by atomic mass is 9.96. The Morgan fingerprint density at radius 3 is 2.50 bits per heavy atom. The predicted molar refractivity (Wildman–Crippen MR) is 73.6 cm³/mol. The molecule has 0 spiro atoms. The van der Waals surface area contributed by atoms with Crippen molar-refractivity contribution in [3.05, 3.63) is 0 Å². The Kier molecular flexibility index (Phi) is 4.87. The zero-order valence-electron chi connectivity index (χ0n) is 11.8. The molecule has 4 heteroatoms. The zero-order valence-corrected chi connectivity index (χ0v) is 11.8. The van der Waals surface area contributed by atoms with Crippen molar-refractivity contribution in [1.29, 1.82) is 0 Å². The number of piperidine rings is 2. The second-order valence-corrected chi connectivity index (χ2v) is 5.96. The fourth-order valence-electron chi connectivity index (χ4n) is 3.18. The minimum atomic E-state index is 0.282. The van der Waals surface area contributed by atoms with E-state index in [2.05, 4.69) is 22.0 Å². The molecule has 2 fully saturated rings. The van der Waals surface area contributed by atoms with Gasteiger partial charge >= 0.3 is 6.03 Å². The highest BCUT2D eigenvalue weighted by Gasteiger charge is 2.28. The Morgan fingerprint density at radius 2 is 1.89 bits per heavy atom. The Bertz CT molecular complexity index is 274. The summed E-state index contributed by atoms with van der Waals surface area (Å²) in [4.78, 5) is 16.5. The maximum Gasteiger partial charge on any atom is 0.320 e. The standard InChI is InChI=1S/C14H27N3O/c1-12-4-3-7-17(11-12)14(18)16-8-5-13(6-9-16)10-15-2/h12-13,15H,3-11H2,1-2H3. The van der Waals surface area contributed by atoms with Crippen LogP contribution in [0.25, 0.3) is 0 Å². The van der Waals surface area contributed by atoms with Gasteiger partial charge in [0.2, 0.25) is 0 Å². The molecule has 1 N–H and O–H groups in total. The first-order valence-corrected chi connectivity index (χ1v) is 7.39. The monoisotopic (exact) mass is 253 g/mol. The van der Waals surface area contributed by atoms with Gasteiger partial charge in [-0.15, -0.1) is 0 Å². The SMILES string of the molecule is CNCC1CCN(C(=O)N2CCCC(C)C2)CC1. The lowest BCUT2D eigenvalue weighted by molar-refractivity contribution is 0.115. The Balaban J connectivity index is 1.80. The highest BCUT2D eigenvalue weighted by atomic mass is 16.2. The van der Waals surface area contributed by atoms with Crippen LogP contribution in [0.1, 0.15) is 32.6 Å². The largest absolute Gasteiger partial charge is 0.325 e. The molecule has 0 radical (unpaired) electrons. The maximum atomic E-state index is 12.4. The molecule has 2 heterocycles. The third-order valence-electron chi connectivity index (χ3n) is 4.31. The van der Waals surface area contributed by atoms with Crippen LogP contribution in [0.4, 0.5) is 4.79 Å². The quantitative estimate of drug-likeness (QED) is 0.814. The molecule has 2 aliphatic heterocycles. The van der Waals surface area contributed by atoms with Crippen molar-refractivity contribution in [3.8, 4) is 0 Å². The topological polar surface area (TPSA) is 35.6 Å². The second-order valence-electron chi connectivity index (χ2n) is 5.96. The van der Waals surface area contributed by atoms with Crippen LogP contribution in [0.3, 0.4) is 0 Å². The van der Waals surface area contributed by atoms with Crippen LogP contribution in [-0.4, -0.2) is 55.6 Å². The fourth-order valence-corrected chi connectivity index (χ4v) is 3.18. The van der Waals surface area contributed by atoms with Crippen LogP contribution in [0.15, 0.2) is 0 Å². The van der Waals surface area contributed by atoms with Crippen LogP contribution < -0.4 is 5.32 Å². The lowest BCUT2D eigenvalue weighted by Gasteiger charge is -2.38. The van der Waals surface area contributed by atoms with Crippen molar-refractivity contribution >= 4 is 6.03 Å². The van der Waals surface area contributed by atoms with Gasteiger partial charge in [-0.1, -0.05) is 6.92 Å². The van der Waals surface area contributed by atoms with E-state index in [-0.39, 0.29) is 6.03 Å². The minimum Gasteiger partial charge on any atom is -0.325 e. The number of carbonyl (C=O) groups excluding carboxylic acids is 1. The van der Waals surface area contributed by atoms with E-state index in [9.17, 15) is 4.79 Å². The Morgan fingerprint density at radius 1 is 1.17 bits per heavy atom. The van der Waals surface area contributed by atoms with Gasteiger partial charge in [0.1, 0.15) is 0 Å². The van der Waals surface area contributed by atoms with Gasteiger partial charge in [-0.05, 0) is 51.1 Å². The summed E-state index contributed by atoms with van der Waals surface area (Å²) in [5.74, 6) is 1.42. The van der Waals surface area contributed by atoms with Crippen molar-refractivity contribution in [3.63, 3.8) is 0 Å². The first kappa shape index (κ1) is 13.7. The van der Waals surface area contributed by atoms with Crippen molar-refractivity contribution in [2.75, 3.05) is 39.8 Å². The zero-order chi connectivity index (χ0) is 13.0. The third kappa shape index (κ3) is 3.37. The first-order valence-electron chi connectivity index (χ1n) is 7.39. The van der Waals surface area contributed by atoms with Gasteiger partial charge in [-0.3, -0.25) is 0 Å². The van der Waals surface area contributed by atoms with Crippen LogP contribution in [-0.2, 0) is 0 Å². The van der Waals surface area contributed by atoms with E-state index >= 15 is 0 Å². The molecule has 0 bridgehead atoms. The molecule has 4 nitrogen and oxygen atoms in total. The Labute approximate surface area is 111 Å². The highest BCUT2D eigenvalue weighted by molar-refractivity contribution is 5.74. The van der Waals surface area contributed by atoms with Crippen LogP contribution >= 0.6 is 0 Å². The molecule has 2 aliphatic rings. The number of carbonyl (C=O) groups is 1. The maximum absolute atomic E-state index is 12.4.